The summed E-state index contributed by atoms with van der Waals surface area (Å²) in [6.45, 7) is 5.03. The molecule has 0 aliphatic carbocycles. The van der Waals surface area contributed by atoms with Crippen molar-refractivity contribution < 1.29 is 0 Å². The Hall–Kier alpha value is -1.72. The molecule has 4 nitrogen and oxygen atoms in total. The molecule has 2 heterocycles. The molecule has 0 bridgehead atoms. The Kier molecular flexibility index (Phi) is 4.08. The lowest BCUT2D eigenvalue weighted by molar-refractivity contribution is 0.203. The lowest BCUT2D eigenvalue weighted by Gasteiger charge is -2.36. The summed E-state index contributed by atoms with van der Waals surface area (Å²) in [5.41, 5.74) is 1.31. The number of rotatable bonds is 3. The number of benzene rings is 1. The highest BCUT2D eigenvalue weighted by atomic mass is 32.1. The zero-order chi connectivity index (χ0) is 13.8. The van der Waals surface area contributed by atoms with Crippen molar-refractivity contribution in [2.75, 3.05) is 31.1 Å². The van der Waals surface area contributed by atoms with Crippen LogP contribution in [0.2, 0.25) is 0 Å². The Bertz CT molecular complexity index is 603. The van der Waals surface area contributed by atoms with Gasteiger partial charge in [0.15, 0.2) is 0 Å². The van der Waals surface area contributed by atoms with Gasteiger partial charge in [-0.2, -0.15) is 0 Å². The van der Waals surface area contributed by atoms with Crippen molar-refractivity contribution in [2.45, 2.75) is 6.67 Å². The molecule has 1 fully saturated rings. The molecule has 3 rings (SSSR count). The molecule has 0 amide bonds. The van der Waals surface area contributed by atoms with Crippen molar-refractivity contribution in [3.05, 3.63) is 53.6 Å². The Morgan fingerprint density at radius 2 is 1.75 bits per heavy atom. The number of hydrogen-bond donors (Lipinski definition) is 0. The molecule has 1 aromatic heterocycles. The molecule has 0 unspecified atom stereocenters. The summed E-state index contributed by atoms with van der Waals surface area (Å²) in [6, 6.07) is 12.5. The predicted octanol–water partition coefficient (Wildman–Crippen LogP) is 2.39. The Balaban J connectivity index is 1.59. The monoisotopic (exact) mass is 286 g/mol. The fourth-order valence-electron chi connectivity index (χ4n) is 2.50. The summed E-state index contributed by atoms with van der Waals surface area (Å²) in [4.78, 5) is 8.99. The van der Waals surface area contributed by atoms with E-state index in [0.29, 0.717) is 4.77 Å². The minimum atomic E-state index is 0.651. The second-order valence-corrected chi connectivity index (χ2v) is 5.32. The summed E-state index contributed by atoms with van der Waals surface area (Å²) < 4.78 is 2.67. The molecule has 5 heteroatoms. The fourth-order valence-corrected chi connectivity index (χ4v) is 2.68. The lowest BCUT2D eigenvalue weighted by Crippen LogP contribution is -2.46. The molecule has 1 saturated heterocycles. The van der Waals surface area contributed by atoms with Crippen LogP contribution in [0.25, 0.3) is 0 Å². The zero-order valence-corrected chi connectivity index (χ0v) is 12.2. The topological polar surface area (TPSA) is 24.3 Å². The van der Waals surface area contributed by atoms with Gasteiger partial charge >= 0.3 is 0 Å². The van der Waals surface area contributed by atoms with E-state index in [1.807, 2.05) is 16.8 Å². The molecule has 1 aliphatic heterocycles. The fraction of sp³-hybridized carbons (Fsp3) is 0.333. The highest BCUT2D eigenvalue weighted by Crippen LogP contribution is 2.15. The summed E-state index contributed by atoms with van der Waals surface area (Å²) in [6.07, 6.45) is 3.74. The molecule has 0 radical (unpaired) electrons. The molecule has 104 valence electrons. The van der Waals surface area contributed by atoms with Crippen LogP contribution >= 0.6 is 12.2 Å². The van der Waals surface area contributed by atoms with E-state index in [9.17, 15) is 0 Å². The number of nitrogens with zero attached hydrogens (tertiary/aromatic N) is 4. The second kappa shape index (κ2) is 6.15. The molecule has 1 aliphatic rings. The largest absolute Gasteiger partial charge is 0.369 e. The normalized spacial score (nSPS) is 16.3. The first-order valence-electron chi connectivity index (χ1n) is 6.87. The van der Waals surface area contributed by atoms with Gasteiger partial charge in [-0.15, -0.1) is 0 Å². The van der Waals surface area contributed by atoms with Crippen LogP contribution in [0.1, 0.15) is 0 Å². The predicted molar refractivity (Wildman–Crippen MR) is 83.3 cm³/mol. The molecule has 0 N–H and O–H groups in total. The first-order valence-corrected chi connectivity index (χ1v) is 7.27. The molecular weight excluding hydrogens is 268 g/mol. The van der Waals surface area contributed by atoms with E-state index in [0.717, 1.165) is 32.8 Å². The van der Waals surface area contributed by atoms with Crippen LogP contribution in [0.15, 0.2) is 48.8 Å². The highest BCUT2D eigenvalue weighted by Gasteiger charge is 2.16. The lowest BCUT2D eigenvalue weighted by atomic mass is 10.2. The highest BCUT2D eigenvalue weighted by molar-refractivity contribution is 7.71. The van der Waals surface area contributed by atoms with Crippen molar-refractivity contribution >= 4 is 17.9 Å². The second-order valence-electron chi connectivity index (χ2n) is 4.95. The smallest absolute Gasteiger partial charge is 0.200 e. The van der Waals surface area contributed by atoms with E-state index in [-0.39, 0.29) is 0 Å². The number of piperazine rings is 1. The van der Waals surface area contributed by atoms with Crippen molar-refractivity contribution in [1.29, 1.82) is 0 Å². The van der Waals surface area contributed by atoms with Crippen LogP contribution in [0, 0.1) is 4.77 Å². The van der Waals surface area contributed by atoms with Crippen molar-refractivity contribution in [1.82, 2.24) is 14.5 Å². The molecular formula is C15H18N4S. The van der Waals surface area contributed by atoms with Crippen molar-refractivity contribution in [2.24, 2.45) is 0 Å². The van der Waals surface area contributed by atoms with Crippen LogP contribution in [0.4, 0.5) is 5.69 Å². The van der Waals surface area contributed by atoms with Crippen LogP contribution in [0.5, 0.6) is 0 Å². The maximum atomic E-state index is 5.24. The summed E-state index contributed by atoms with van der Waals surface area (Å²) in [5.74, 6) is 0. The summed E-state index contributed by atoms with van der Waals surface area (Å²) in [5, 5.41) is 0. The van der Waals surface area contributed by atoms with E-state index < -0.39 is 0 Å². The van der Waals surface area contributed by atoms with Gasteiger partial charge in [-0.25, -0.2) is 4.98 Å². The van der Waals surface area contributed by atoms with E-state index in [4.69, 9.17) is 12.2 Å². The third-order valence-electron chi connectivity index (χ3n) is 3.63. The van der Waals surface area contributed by atoms with Crippen molar-refractivity contribution in [3.8, 4) is 0 Å². The maximum Gasteiger partial charge on any atom is 0.200 e. The number of hydrogen-bond acceptors (Lipinski definition) is 4. The molecule has 1 aromatic carbocycles. The van der Waals surface area contributed by atoms with Crippen LogP contribution in [0.3, 0.4) is 0 Å². The third-order valence-corrected chi connectivity index (χ3v) is 3.97. The SMILES string of the molecule is S=c1ncccn1CN1CCN(c2ccccc2)CC1. The van der Waals surface area contributed by atoms with E-state index in [1.165, 1.54) is 5.69 Å². The first-order chi connectivity index (χ1) is 9.83. The van der Waals surface area contributed by atoms with Gasteiger partial charge in [-0.1, -0.05) is 18.2 Å². The summed E-state index contributed by atoms with van der Waals surface area (Å²) >= 11 is 5.24. The van der Waals surface area contributed by atoms with Gasteiger partial charge in [0.25, 0.3) is 0 Å². The maximum absolute atomic E-state index is 5.24. The average Bonchev–Trinajstić information content (AvgIpc) is 2.51. The minimum Gasteiger partial charge on any atom is -0.369 e. The van der Waals surface area contributed by atoms with Gasteiger partial charge in [0, 0.05) is 44.3 Å². The summed E-state index contributed by atoms with van der Waals surface area (Å²) in [7, 11) is 0. The molecule has 2 aromatic rings. The van der Waals surface area contributed by atoms with Gasteiger partial charge in [0.2, 0.25) is 4.77 Å². The Morgan fingerprint density at radius 1 is 1.00 bits per heavy atom. The van der Waals surface area contributed by atoms with E-state index in [1.54, 1.807) is 6.20 Å². The van der Waals surface area contributed by atoms with Gasteiger partial charge < -0.3 is 9.47 Å². The molecule has 0 spiro atoms. The third kappa shape index (κ3) is 3.05. The quantitative estimate of drug-likeness (QED) is 0.809. The standard InChI is InChI=1S/C15H18N4S/c20-15-16-7-4-8-19(15)13-17-9-11-18(12-10-17)14-5-2-1-3-6-14/h1-8H,9-13H2. The Labute approximate surface area is 124 Å². The van der Waals surface area contributed by atoms with E-state index in [2.05, 4.69) is 45.1 Å². The van der Waals surface area contributed by atoms with Crippen LogP contribution in [-0.4, -0.2) is 40.6 Å². The minimum absolute atomic E-state index is 0.651. The Morgan fingerprint density at radius 3 is 2.45 bits per heavy atom. The van der Waals surface area contributed by atoms with Crippen molar-refractivity contribution in [3.63, 3.8) is 0 Å². The van der Waals surface area contributed by atoms with Crippen LogP contribution < -0.4 is 4.90 Å². The number of aromatic nitrogens is 2. The van der Waals surface area contributed by atoms with Crippen LogP contribution in [-0.2, 0) is 6.67 Å². The molecule has 0 atom stereocenters. The van der Waals surface area contributed by atoms with E-state index >= 15 is 0 Å². The number of para-hydroxylation sites is 1. The van der Waals surface area contributed by atoms with Gasteiger partial charge in [0.1, 0.15) is 0 Å². The van der Waals surface area contributed by atoms with Gasteiger partial charge in [-0.3, -0.25) is 4.90 Å². The molecule has 20 heavy (non-hydrogen) atoms. The number of anilines is 1. The van der Waals surface area contributed by atoms with Gasteiger partial charge in [0.05, 0.1) is 6.67 Å². The molecule has 0 saturated carbocycles. The van der Waals surface area contributed by atoms with Gasteiger partial charge in [-0.05, 0) is 30.4 Å². The first kappa shape index (κ1) is 13.3. The zero-order valence-electron chi connectivity index (χ0n) is 11.4. The average molecular weight is 286 g/mol.